The first-order valence-electron chi connectivity index (χ1n) is 13.0. The molecule has 0 saturated carbocycles. The number of allylic oxidation sites excluding steroid dienone is 1. The number of rotatable bonds is 5. The van der Waals surface area contributed by atoms with E-state index in [1.54, 1.807) is 12.3 Å². The Morgan fingerprint density at radius 3 is 2.65 bits per heavy atom. The largest absolute Gasteiger partial charge is 0.464 e. The van der Waals surface area contributed by atoms with Crippen LogP contribution in [-0.4, -0.2) is 9.55 Å². The predicted octanol–water partition coefficient (Wildman–Crippen LogP) is 7.66. The third kappa shape index (κ3) is 4.17. The van der Waals surface area contributed by atoms with Crippen molar-refractivity contribution in [1.82, 2.24) is 9.55 Å². The number of hydrogen-bond donors (Lipinski definition) is 0. The molecule has 0 spiro atoms. The molecule has 0 radical (unpaired) electrons. The summed E-state index contributed by atoms with van der Waals surface area (Å²) in [6, 6.07) is 25.8. The molecule has 2 aromatic heterocycles. The Balaban J connectivity index is 1.44. The normalized spacial score (nSPS) is 13.8. The van der Waals surface area contributed by atoms with Crippen molar-refractivity contribution in [3.63, 3.8) is 0 Å². The smallest absolute Gasteiger partial charge is 0.133 e. The number of nitriles is 1. The van der Waals surface area contributed by atoms with E-state index in [1.165, 1.54) is 22.3 Å². The summed E-state index contributed by atoms with van der Waals surface area (Å²) in [5.41, 5.74) is 11.6. The lowest BCUT2D eigenvalue weighted by atomic mass is 9.93. The van der Waals surface area contributed by atoms with Crippen molar-refractivity contribution < 1.29 is 4.42 Å². The summed E-state index contributed by atoms with van der Waals surface area (Å²) >= 11 is 0. The van der Waals surface area contributed by atoms with Crippen LogP contribution in [0, 0.1) is 18.3 Å². The van der Waals surface area contributed by atoms with Crippen molar-refractivity contribution in [1.29, 1.82) is 5.26 Å². The van der Waals surface area contributed by atoms with Gasteiger partial charge in [0.25, 0.3) is 0 Å². The van der Waals surface area contributed by atoms with Gasteiger partial charge in [-0.2, -0.15) is 5.26 Å². The van der Waals surface area contributed by atoms with Crippen LogP contribution in [0.3, 0.4) is 0 Å². The average molecular weight is 484 g/mol. The van der Waals surface area contributed by atoms with Crippen LogP contribution in [0.15, 0.2) is 83.5 Å². The second-order valence-electron chi connectivity index (χ2n) is 9.84. The monoisotopic (exact) mass is 483 g/mol. The van der Waals surface area contributed by atoms with Crippen LogP contribution < -0.4 is 0 Å². The highest BCUT2D eigenvalue weighted by Crippen LogP contribution is 2.35. The molecule has 0 unspecified atom stereocenters. The first kappa shape index (κ1) is 23.1. The Labute approximate surface area is 217 Å². The molecule has 4 heteroatoms. The third-order valence-corrected chi connectivity index (χ3v) is 7.38. The van der Waals surface area contributed by atoms with Gasteiger partial charge < -0.3 is 8.98 Å². The molecule has 0 atom stereocenters. The van der Waals surface area contributed by atoms with Gasteiger partial charge in [0.2, 0.25) is 0 Å². The molecular formula is C33H29N3O. The van der Waals surface area contributed by atoms with E-state index in [2.05, 4.69) is 79.1 Å². The van der Waals surface area contributed by atoms with Crippen molar-refractivity contribution in [3.8, 4) is 17.4 Å². The highest BCUT2D eigenvalue weighted by atomic mass is 16.3. The second-order valence-corrected chi connectivity index (χ2v) is 9.84. The van der Waals surface area contributed by atoms with Crippen LogP contribution in [0.1, 0.15) is 52.5 Å². The molecule has 2 heterocycles. The lowest BCUT2D eigenvalue weighted by molar-refractivity contribution is 0.582. The molecule has 6 rings (SSSR count). The van der Waals surface area contributed by atoms with Crippen molar-refractivity contribution in [2.75, 3.05) is 0 Å². The third-order valence-electron chi connectivity index (χ3n) is 7.38. The van der Waals surface area contributed by atoms with E-state index in [1.807, 2.05) is 12.1 Å². The minimum atomic E-state index is 0.754. The zero-order valence-corrected chi connectivity index (χ0v) is 21.3. The Hall–Kier alpha value is -4.36. The van der Waals surface area contributed by atoms with Crippen LogP contribution >= 0.6 is 0 Å². The predicted molar refractivity (Wildman–Crippen MR) is 148 cm³/mol. The first-order valence-corrected chi connectivity index (χ1v) is 13.0. The van der Waals surface area contributed by atoms with Crippen molar-refractivity contribution >= 4 is 16.6 Å². The van der Waals surface area contributed by atoms with Gasteiger partial charge in [0.15, 0.2) is 0 Å². The molecule has 4 nitrogen and oxygen atoms in total. The van der Waals surface area contributed by atoms with Crippen LogP contribution in [0.25, 0.3) is 27.9 Å². The molecule has 0 N–H and O–H groups in total. The van der Waals surface area contributed by atoms with E-state index in [0.29, 0.717) is 0 Å². The first-order chi connectivity index (χ1) is 18.2. The van der Waals surface area contributed by atoms with Crippen LogP contribution in [0.2, 0.25) is 0 Å². The van der Waals surface area contributed by atoms with Crippen LogP contribution in [0.4, 0.5) is 0 Å². The minimum absolute atomic E-state index is 0.754. The van der Waals surface area contributed by atoms with Gasteiger partial charge in [0, 0.05) is 24.6 Å². The molecule has 0 amide bonds. The Morgan fingerprint density at radius 2 is 1.84 bits per heavy atom. The van der Waals surface area contributed by atoms with Crippen LogP contribution in [0.5, 0.6) is 0 Å². The minimum Gasteiger partial charge on any atom is -0.464 e. The summed E-state index contributed by atoms with van der Waals surface area (Å²) < 4.78 is 8.08. The zero-order valence-electron chi connectivity index (χ0n) is 21.3. The van der Waals surface area contributed by atoms with E-state index >= 15 is 0 Å². The standard InChI is InChI=1S/C33H29N3O/c1-3-7-32-35-33-22(2)18-26(31-10-6-17-37-31)20-30(33)36(32)21-23-11-14-28-25(19-23)13-12-24-8-4-5-9-27(24)29(28)15-16-34/h4-6,8-11,14-15,17-20H,3,7,12-13,21H2,1-2H3/b29-15+. The van der Waals surface area contributed by atoms with Crippen molar-refractivity contribution in [2.24, 2.45) is 0 Å². The fourth-order valence-electron chi connectivity index (χ4n) is 5.65. The van der Waals surface area contributed by atoms with Gasteiger partial charge in [0.05, 0.1) is 23.4 Å². The fraction of sp³-hybridized carbons (Fsp3) is 0.212. The number of nitrogens with zero attached hydrogens (tertiary/aromatic N) is 3. The number of hydrogen-bond acceptors (Lipinski definition) is 3. The molecule has 0 fully saturated rings. The van der Waals surface area contributed by atoms with E-state index in [9.17, 15) is 5.26 Å². The quantitative estimate of drug-likeness (QED) is 0.241. The Morgan fingerprint density at radius 1 is 1.00 bits per heavy atom. The Bertz CT molecular complexity index is 1680. The number of aryl methyl sites for hydroxylation is 4. The fourth-order valence-corrected chi connectivity index (χ4v) is 5.65. The zero-order chi connectivity index (χ0) is 25.4. The topological polar surface area (TPSA) is 54.8 Å². The number of aromatic nitrogens is 2. The number of benzene rings is 3. The van der Waals surface area contributed by atoms with Gasteiger partial charge in [-0.25, -0.2) is 4.98 Å². The lowest BCUT2D eigenvalue weighted by Gasteiger charge is -2.14. The molecule has 0 bridgehead atoms. The van der Waals surface area contributed by atoms with E-state index in [-0.39, 0.29) is 0 Å². The summed E-state index contributed by atoms with van der Waals surface area (Å²) in [5.74, 6) is 1.99. The highest BCUT2D eigenvalue weighted by Gasteiger charge is 2.20. The second kappa shape index (κ2) is 9.59. The SMILES string of the molecule is CCCc1nc2c(C)cc(-c3ccco3)cc2n1Cc1ccc2c(c1)CCc1ccccc1/C2=C\C#N. The number of furan rings is 1. The lowest BCUT2D eigenvalue weighted by Crippen LogP contribution is -2.06. The summed E-state index contributed by atoms with van der Waals surface area (Å²) in [5, 5.41) is 9.54. The van der Waals surface area contributed by atoms with Gasteiger partial charge in [-0.15, -0.1) is 0 Å². The van der Waals surface area contributed by atoms with Gasteiger partial charge in [-0.3, -0.25) is 0 Å². The van der Waals surface area contributed by atoms with Crippen molar-refractivity contribution in [3.05, 3.63) is 118 Å². The van der Waals surface area contributed by atoms with E-state index < -0.39 is 0 Å². The maximum atomic E-state index is 9.54. The summed E-state index contributed by atoms with van der Waals surface area (Å²) in [6.07, 6.45) is 7.31. The van der Waals surface area contributed by atoms with Gasteiger partial charge in [0.1, 0.15) is 11.6 Å². The number of imidazole rings is 1. The van der Waals surface area contributed by atoms with Gasteiger partial charge in [-0.1, -0.05) is 49.4 Å². The molecule has 3 aromatic carbocycles. The molecule has 37 heavy (non-hydrogen) atoms. The number of fused-ring (bicyclic) bond motifs is 3. The van der Waals surface area contributed by atoms with Gasteiger partial charge in [-0.05, 0) is 89.4 Å². The Kier molecular flexibility index (Phi) is 5.98. The maximum absolute atomic E-state index is 9.54. The maximum Gasteiger partial charge on any atom is 0.133 e. The highest BCUT2D eigenvalue weighted by molar-refractivity contribution is 5.86. The van der Waals surface area contributed by atoms with E-state index in [4.69, 9.17) is 9.40 Å². The molecule has 182 valence electrons. The average Bonchev–Trinajstić information content (AvgIpc) is 3.53. The van der Waals surface area contributed by atoms with Crippen LogP contribution in [-0.2, 0) is 25.8 Å². The van der Waals surface area contributed by atoms with Gasteiger partial charge >= 0.3 is 0 Å². The molecule has 0 saturated heterocycles. The van der Waals surface area contributed by atoms with Crippen molar-refractivity contribution in [2.45, 2.75) is 46.1 Å². The molecule has 5 aromatic rings. The summed E-state index contributed by atoms with van der Waals surface area (Å²) in [7, 11) is 0. The molecule has 0 aliphatic heterocycles. The molecule has 1 aliphatic carbocycles. The molecular weight excluding hydrogens is 454 g/mol. The summed E-state index contributed by atoms with van der Waals surface area (Å²) in [6.45, 7) is 5.09. The van der Waals surface area contributed by atoms with E-state index in [0.717, 1.165) is 77.1 Å². The summed E-state index contributed by atoms with van der Waals surface area (Å²) in [4.78, 5) is 5.07. The molecule has 1 aliphatic rings.